The van der Waals surface area contributed by atoms with E-state index < -0.39 is 12.0 Å². The van der Waals surface area contributed by atoms with Gasteiger partial charge < -0.3 is 21.1 Å². The van der Waals surface area contributed by atoms with Crippen LogP contribution in [0.3, 0.4) is 0 Å². The summed E-state index contributed by atoms with van der Waals surface area (Å²) in [7, 11) is 0. The molecular weight excluding hydrogens is 186 g/mol. The molecule has 0 saturated heterocycles. The fraction of sp³-hybridized carbons (Fsp3) is 0.222. The molecule has 1 aromatic carbocycles. The third-order valence-electron chi connectivity index (χ3n) is 2.00. The summed E-state index contributed by atoms with van der Waals surface area (Å²) in [6.07, 6.45) is 0. The van der Waals surface area contributed by atoms with Crippen molar-refractivity contribution in [3.63, 3.8) is 0 Å². The Hall–Kier alpha value is -1.75. The largest absolute Gasteiger partial charge is 0.508 e. The van der Waals surface area contributed by atoms with Crippen LogP contribution in [0, 0.1) is 6.92 Å². The lowest BCUT2D eigenvalue weighted by atomic mass is 10.0. The van der Waals surface area contributed by atoms with Crippen LogP contribution in [0.5, 0.6) is 11.5 Å². The summed E-state index contributed by atoms with van der Waals surface area (Å²) in [5.74, 6) is -1.55. The number of hydrogen-bond acceptors (Lipinski definition) is 4. The van der Waals surface area contributed by atoms with Crippen molar-refractivity contribution < 1.29 is 20.1 Å². The zero-order valence-corrected chi connectivity index (χ0v) is 7.56. The fourth-order valence-electron chi connectivity index (χ4n) is 1.03. The number of rotatable bonds is 2. The molecule has 1 unspecified atom stereocenters. The first kappa shape index (κ1) is 10.3. The zero-order chi connectivity index (χ0) is 10.9. The number of aliphatic carboxylic acids is 1. The van der Waals surface area contributed by atoms with E-state index in [1.54, 1.807) is 0 Å². The molecule has 0 spiro atoms. The van der Waals surface area contributed by atoms with Gasteiger partial charge in [0.05, 0.1) is 0 Å². The lowest BCUT2D eigenvalue weighted by Gasteiger charge is -2.09. The van der Waals surface area contributed by atoms with Gasteiger partial charge in [0.15, 0.2) is 0 Å². The maximum atomic E-state index is 10.5. The first-order valence-corrected chi connectivity index (χ1v) is 3.94. The Balaban J connectivity index is 3.19. The maximum absolute atomic E-state index is 10.5. The van der Waals surface area contributed by atoms with Crippen molar-refractivity contribution in [2.45, 2.75) is 13.0 Å². The van der Waals surface area contributed by atoms with Gasteiger partial charge in [-0.15, -0.1) is 0 Å². The van der Waals surface area contributed by atoms with Gasteiger partial charge in [0.2, 0.25) is 0 Å². The van der Waals surface area contributed by atoms with E-state index in [0.29, 0.717) is 5.56 Å². The molecule has 1 rings (SSSR count). The minimum atomic E-state index is -1.24. The second kappa shape index (κ2) is 3.55. The lowest BCUT2D eigenvalue weighted by Crippen LogP contribution is -2.20. The van der Waals surface area contributed by atoms with Crippen LogP contribution in [-0.4, -0.2) is 21.3 Å². The van der Waals surface area contributed by atoms with Crippen LogP contribution in [0.2, 0.25) is 0 Å². The number of aromatic hydroxyl groups is 2. The van der Waals surface area contributed by atoms with Crippen molar-refractivity contribution in [3.05, 3.63) is 23.3 Å². The minimum Gasteiger partial charge on any atom is -0.508 e. The molecule has 0 fully saturated rings. The Bertz CT molecular complexity index is 352. The Morgan fingerprint density at radius 1 is 1.36 bits per heavy atom. The van der Waals surface area contributed by atoms with Gasteiger partial charge in [-0.05, 0) is 24.6 Å². The molecule has 0 amide bonds. The van der Waals surface area contributed by atoms with Gasteiger partial charge in [-0.25, -0.2) is 0 Å². The van der Waals surface area contributed by atoms with Crippen molar-refractivity contribution in [1.82, 2.24) is 0 Å². The lowest BCUT2D eigenvalue weighted by molar-refractivity contribution is -0.138. The molecule has 1 aromatic rings. The molecule has 14 heavy (non-hydrogen) atoms. The van der Waals surface area contributed by atoms with Gasteiger partial charge in [-0.3, -0.25) is 4.79 Å². The number of carboxylic acids is 1. The monoisotopic (exact) mass is 197 g/mol. The number of carbonyl (C=O) groups is 1. The first-order chi connectivity index (χ1) is 6.43. The van der Waals surface area contributed by atoms with Crippen LogP contribution < -0.4 is 5.73 Å². The van der Waals surface area contributed by atoms with Crippen LogP contribution in [0.25, 0.3) is 0 Å². The second-order valence-electron chi connectivity index (χ2n) is 3.00. The number of nitrogens with two attached hydrogens (primary N) is 1. The van der Waals surface area contributed by atoms with Gasteiger partial charge in [0.1, 0.15) is 17.5 Å². The normalized spacial score (nSPS) is 12.4. The van der Waals surface area contributed by atoms with Gasteiger partial charge in [-0.1, -0.05) is 0 Å². The molecule has 5 heteroatoms. The summed E-state index contributed by atoms with van der Waals surface area (Å²) in [6.45, 7) is 1.51. The van der Waals surface area contributed by atoms with E-state index in [9.17, 15) is 15.0 Å². The van der Waals surface area contributed by atoms with Gasteiger partial charge in [-0.2, -0.15) is 0 Å². The molecular formula is C9H11NO4. The Kier molecular flexibility index (Phi) is 2.62. The van der Waals surface area contributed by atoms with Gasteiger partial charge in [0, 0.05) is 5.56 Å². The van der Waals surface area contributed by atoms with E-state index in [1.807, 2.05) is 0 Å². The van der Waals surface area contributed by atoms with Gasteiger partial charge in [0.25, 0.3) is 0 Å². The highest BCUT2D eigenvalue weighted by Gasteiger charge is 2.17. The van der Waals surface area contributed by atoms with Crippen molar-refractivity contribution in [2.24, 2.45) is 5.73 Å². The summed E-state index contributed by atoms with van der Waals surface area (Å²) in [4.78, 5) is 10.5. The topological polar surface area (TPSA) is 104 Å². The van der Waals surface area contributed by atoms with Crippen LogP contribution in [0.15, 0.2) is 12.1 Å². The molecule has 0 heterocycles. The molecule has 0 saturated carbocycles. The molecule has 0 aromatic heterocycles. The number of phenols is 2. The number of carboxylic acid groups (broad SMARTS) is 1. The molecule has 0 aliphatic carbocycles. The van der Waals surface area contributed by atoms with Crippen molar-refractivity contribution in [3.8, 4) is 11.5 Å². The zero-order valence-electron chi connectivity index (χ0n) is 7.56. The molecule has 0 aliphatic heterocycles. The van der Waals surface area contributed by atoms with Crippen LogP contribution in [0.1, 0.15) is 17.2 Å². The van der Waals surface area contributed by atoms with E-state index >= 15 is 0 Å². The molecule has 1 atom stereocenters. The minimum absolute atomic E-state index is 0.165. The van der Waals surface area contributed by atoms with E-state index in [1.165, 1.54) is 19.1 Å². The van der Waals surface area contributed by atoms with Crippen LogP contribution in [-0.2, 0) is 4.79 Å². The average molecular weight is 197 g/mol. The summed E-state index contributed by atoms with van der Waals surface area (Å²) < 4.78 is 0. The second-order valence-corrected chi connectivity index (χ2v) is 3.00. The molecule has 0 radical (unpaired) electrons. The molecule has 76 valence electrons. The Morgan fingerprint density at radius 2 is 1.79 bits per heavy atom. The highest BCUT2D eigenvalue weighted by molar-refractivity contribution is 5.75. The molecule has 5 nitrogen and oxygen atoms in total. The number of phenolic OH excluding ortho intramolecular Hbond substituents is 2. The highest BCUT2D eigenvalue weighted by atomic mass is 16.4. The van der Waals surface area contributed by atoms with Crippen molar-refractivity contribution >= 4 is 5.97 Å². The van der Waals surface area contributed by atoms with E-state index in [4.69, 9.17) is 10.8 Å². The Labute approximate surface area is 80.4 Å². The smallest absolute Gasteiger partial charge is 0.325 e. The number of hydrogen-bond donors (Lipinski definition) is 4. The van der Waals surface area contributed by atoms with E-state index in [0.717, 1.165) is 0 Å². The first-order valence-electron chi connectivity index (χ1n) is 3.94. The predicted octanol–water partition coefficient (Wildman–Crippen LogP) is 0.491. The summed E-state index contributed by atoms with van der Waals surface area (Å²) >= 11 is 0. The van der Waals surface area contributed by atoms with Gasteiger partial charge >= 0.3 is 5.97 Å². The average Bonchev–Trinajstić information content (AvgIpc) is 2.12. The van der Waals surface area contributed by atoms with Crippen molar-refractivity contribution in [2.75, 3.05) is 0 Å². The number of benzene rings is 1. The van der Waals surface area contributed by atoms with Crippen LogP contribution >= 0.6 is 0 Å². The molecule has 5 N–H and O–H groups in total. The third-order valence-corrected chi connectivity index (χ3v) is 2.00. The van der Waals surface area contributed by atoms with E-state index in [-0.39, 0.29) is 17.1 Å². The quantitative estimate of drug-likeness (QED) is 0.552. The molecule has 0 bridgehead atoms. The Morgan fingerprint density at radius 3 is 2.14 bits per heavy atom. The van der Waals surface area contributed by atoms with Crippen LogP contribution in [0.4, 0.5) is 0 Å². The fourth-order valence-corrected chi connectivity index (χ4v) is 1.03. The standard InChI is InChI=1S/C9H11NO4/c1-4-6(11)2-5(3-7(4)12)8(10)9(13)14/h2-3,8,11-12H,10H2,1H3,(H,13,14). The predicted molar refractivity (Wildman–Crippen MR) is 49.1 cm³/mol. The molecule has 0 aliphatic rings. The van der Waals surface area contributed by atoms with E-state index in [2.05, 4.69) is 0 Å². The summed E-state index contributed by atoms with van der Waals surface area (Å²) in [5, 5.41) is 27.2. The highest BCUT2D eigenvalue weighted by Crippen LogP contribution is 2.29. The maximum Gasteiger partial charge on any atom is 0.325 e. The third kappa shape index (κ3) is 1.77. The summed E-state index contributed by atoms with van der Waals surface area (Å²) in [5.41, 5.74) is 5.77. The SMILES string of the molecule is Cc1c(O)cc(C(N)C(=O)O)cc1O. The summed E-state index contributed by atoms with van der Waals surface area (Å²) in [6, 6.07) is 1.22. The van der Waals surface area contributed by atoms with Crippen molar-refractivity contribution in [1.29, 1.82) is 0 Å².